The maximum Gasteiger partial charge on any atom is 0.285 e. The van der Waals surface area contributed by atoms with Gasteiger partial charge >= 0.3 is 0 Å². The fraction of sp³-hybridized carbons (Fsp3) is 0.0500. The quantitative estimate of drug-likeness (QED) is 0.498. The van der Waals surface area contributed by atoms with Crippen LogP contribution >= 0.6 is 35.6 Å². The van der Waals surface area contributed by atoms with Crippen LogP contribution in [0.3, 0.4) is 0 Å². The summed E-state index contributed by atoms with van der Waals surface area (Å²) in [5.41, 5.74) is 4.76. The zero-order valence-corrected chi connectivity index (χ0v) is 17.1. The van der Waals surface area contributed by atoms with Crippen molar-refractivity contribution in [2.45, 2.75) is 0 Å². The first kappa shape index (κ1) is 18.7. The first-order chi connectivity index (χ1) is 13.5. The molecule has 2 amide bonds. The highest BCUT2D eigenvalue weighted by Gasteiger charge is 2.34. The largest absolute Gasteiger partial charge is 0.344 e. The van der Waals surface area contributed by atoms with Gasteiger partial charge in [0, 0.05) is 23.6 Å². The molecule has 0 spiro atoms. The third-order valence-electron chi connectivity index (χ3n) is 4.39. The lowest BCUT2D eigenvalue weighted by atomic mass is 10.2. The fourth-order valence-corrected chi connectivity index (χ4v) is 4.34. The van der Waals surface area contributed by atoms with Gasteiger partial charge in [0.1, 0.15) is 0 Å². The van der Waals surface area contributed by atoms with E-state index in [0.717, 1.165) is 33.4 Å². The Labute approximate surface area is 175 Å². The van der Waals surface area contributed by atoms with Crippen molar-refractivity contribution < 1.29 is 9.59 Å². The van der Waals surface area contributed by atoms with Crippen LogP contribution in [0.15, 0.2) is 59.5 Å². The topological polar surface area (TPSA) is 54.3 Å². The Bertz CT molecular complexity index is 1170. The third-order valence-corrected chi connectivity index (χ3v) is 6.03. The lowest BCUT2D eigenvalue weighted by Gasteiger charge is -2.16. The van der Waals surface area contributed by atoms with Crippen LogP contribution in [0, 0.1) is 0 Å². The van der Waals surface area contributed by atoms with Crippen LogP contribution in [0.2, 0.25) is 5.02 Å². The minimum atomic E-state index is -0.493. The molecule has 5 nitrogen and oxygen atoms in total. The molecule has 0 saturated carbocycles. The molecule has 4 rings (SSSR count). The van der Waals surface area contributed by atoms with E-state index in [0.29, 0.717) is 9.93 Å². The number of para-hydroxylation sites is 1. The summed E-state index contributed by atoms with van der Waals surface area (Å²) < 4.78 is 2.26. The Balaban J connectivity index is 1.60. The van der Waals surface area contributed by atoms with Gasteiger partial charge in [0.25, 0.3) is 11.8 Å². The van der Waals surface area contributed by atoms with Crippen molar-refractivity contribution in [3.8, 4) is 0 Å². The molecular formula is C20H14ClN3O2S2. The number of thiocarbonyl (C=S) groups is 1. The Kier molecular flexibility index (Phi) is 4.97. The second-order valence-corrected chi connectivity index (χ2v) is 8.21. The molecule has 8 heteroatoms. The minimum absolute atomic E-state index is 0.260. The van der Waals surface area contributed by atoms with E-state index in [1.54, 1.807) is 30.3 Å². The van der Waals surface area contributed by atoms with Crippen LogP contribution in [0.5, 0.6) is 0 Å². The standard InChI is InChI=1S/C20H14ClN3O2S2/c1-23-13(10-12-6-2-5-9-16(12)23)11-17-19(26)24(20(27)28-17)22-18(25)14-7-3-4-8-15(14)21/h2-11H,1H3,(H,22,25). The number of thioether (sulfide) groups is 1. The number of halogens is 1. The molecule has 3 aromatic rings. The summed E-state index contributed by atoms with van der Waals surface area (Å²) in [5, 5.41) is 2.47. The second kappa shape index (κ2) is 7.43. The normalized spacial score (nSPS) is 15.6. The van der Waals surface area contributed by atoms with Gasteiger partial charge in [0.15, 0.2) is 4.32 Å². The molecule has 0 atom stereocenters. The average Bonchev–Trinajstić information content (AvgIpc) is 3.14. The maximum atomic E-state index is 12.8. The predicted molar refractivity (Wildman–Crippen MR) is 117 cm³/mol. The summed E-state index contributed by atoms with van der Waals surface area (Å²) in [5.74, 6) is -0.867. The smallest absolute Gasteiger partial charge is 0.285 e. The number of hydrazine groups is 1. The number of benzene rings is 2. The highest BCUT2D eigenvalue weighted by molar-refractivity contribution is 8.26. The number of hydrogen-bond acceptors (Lipinski definition) is 4. The van der Waals surface area contributed by atoms with Crippen LogP contribution in [-0.2, 0) is 11.8 Å². The van der Waals surface area contributed by atoms with Crippen molar-refractivity contribution in [2.75, 3.05) is 0 Å². The first-order valence-electron chi connectivity index (χ1n) is 8.33. The molecule has 1 aliphatic heterocycles. The van der Waals surface area contributed by atoms with Crippen molar-refractivity contribution in [3.63, 3.8) is 0 Å². The molecule has 0 aliphatic carbocycles. The van der Waals surface area contributed by atoms with E-state index in [2.05, 4.69) is 5.43 Å². The molecular weight excluding hydrogens is 414 g/mol. The molecule has 1 aliphatic rings. The van der Waals surface area contributed by atoms with Gasteiger partial charge in [-0.1, -0.05) is 53.7 Å². The Morgan fingerprint density at radius 1 is 1.18 bits per heavy atom. The van der Waals surface area contributed by atoms with Crippen LogP contribution < -0.4 is 5.43 Å². The molecule has 140 valence electrons. The van der Waals surface area contributed by atoms with Crippen molar-refractivity contribution in [1.82, 2.24) is 15.0 Å². The molecule has 0 radical (unpaired) electrons. The van der Waals surface area contributed by atoms with Crippen molar-refractivity contribution in [1.29, 1.82) is 0 Å². The van der Waals surface area contributed by atoms with Gasteiger partial charge in [-0.15, -0.1) is 0 Å². The molecule has 0 unspecified atom stereocenters. The Morgan fingerprint density at radius 3 is 2.64 bits per heavy atom. The fourth-order valence-electron chi connectivity index (χ4n) is 2.95. The lowest BCUT2D eigenvalue weighted by molar-refractivity contribution is -0.123. The number of rotatable bonds is 3. The molecule has 0 bridgehead atoms. The predicted octanol–water partition coefficient (Wildman–Crippen LogP) is 4.38. The highest BCUT2D eigenvalue weighted by atomic mass is 35.5. The van der Waals surface area contributed by atoms with Crippen molar-refractivity contribution in [3.05, 3.63) is 75.8 Å². The van der Waals surface area contributed by atoms with Gasteiger partial charge < -0.3 is 4.57 Å². The summed E-state index contributed by atoms with van der Waals surface area (Å²) >= 11 is 12.5. The second-order valence-electron chi connectivity index (χ2n) is 6.12. The third kappa shape index (κ3) is 3.32. The molecule has 2 aromatic carbocycles. The Morgan fingerprint density at radius 2 is 1.89 bits per heavy atom. The van der Waals surface area contributed by atoms with E-state index in [1.807, 2.05) is 41.9 Å². The number of nitrogens with zero attached hydrogens (tertiary/aromatic N) is 2. The molecule has 28 heavy (non-hydrogen) atoms. The van der Waals surface area contributed by atoms with Gasteiger partial charge in [-0.3, -0.25) is 15.0 Å². The maximum absolute atomic E-state index is 12.8. The van der Waals surface area contributed by atoms with Gasteiger partial charge in [0.05, 0.1) is 15.5 Å². The van der Waals surface area contributed by atoms with Crippen molar-refractivity contribution in [2.24, 2.45) is 7.05 Å². The summed E-state index contributed by atoms with van der Waals surface area (Å²) in [7, 11) is 1.94. The lowest BCUT2D eigenvalue weighted by Crippen LogP contribution is -2.44. The number of hydrogen-bond donors (Lipinski definition) is 1. The SMILES string of the molecule is Cn1c(C=C2SC(=S)N(NC(=O)c3ccccc3Cl)C2=O)cc2ccccc21. The number of amides is 2. The number of carbonyl (C=O) groups excluding carboxylic acids is 2. The van der Waals surface area contributed by atoms with Gasteiger partial charge in [-0.2, -0.15) is 5.01 Å². The van der Waals surface area contributed by atoms with Crippen molar-refractivity contribution >= 4 is 68.7 Å². The van der Waals surface area contributed by atoms with Crippen LogP contribution in [0.25, 0.3) is 17.0 Å². The molecule has 1 fully saturated rings. The zero-order chi connectivity index (χ0) is 19.8. The van der Waals surface area contributed by atoms with E-state index in [9.17, 15) is 9.59 Å². The summed E-state index contributed by atoms with van der Waals surface area (Å²) in [6.45, 7) is 0. The number of carbonyl (C=O) groups is 2. The first-order valence-corrected chi connectivity index (χ1v) is 9.94. The number of fused-ring (bicyclic) bond motifs is 1. The summed E-state index contributed by atoms with van der Waals surface area (Å²) in [4.78, 5) is 25.7. The average molecular weight is 428 g/mol. The van der Waals surface area contributed by atoms with E-state index in [4.69, 9.17) is 23.8 Å². The van der Waals surface area contributed by atoms with Crippen LogP contribution in [0.4, 0.5) is 0 Å². The van der Waals surface area contributed by atoms with Crippen LogP contribution in [-0.4, -0.2) is 25.7 Å². The molecule has 1 aromatic heterocycles. The summed E-state index contributed by atoms with van der Waals surface area (Å²) in [6.07, 6.45) is 1.78. The Hall–Kier alpha value is -2.61. The minimum Gasteiger partial charge on any atom is -0.344 e. The van der Waals surface area contributed by atoms with Gasteiger partial charge in [-0.25, -0.2) is 0 Å². The van der Waals surface area contributed by atoms with E-state index in [1.165, 1.54) is 0 Å². The number of aryl methyl sites for hydroxylation is 1. The number of nitrogens with one attached hydrogen (secondary N) is 1. The van der Waals surface area contributed by atoms with E-state index >= 15 is 0 Å². The molecule has 1 saturated heterocycles. The molecule has 2 heterocycles. The van der Waals surface area contributed by atoms with E-state index < -0.39 is 5.91 Å². The van der Waals surface area contributed by atoms with Crippen LogP contribution in [0.1, 0.15) is 16.1 Å². The zero-order valence-electron chi connectivity index (χ0n) is 14.7. The summed E-state index contributed by atoms with van der Waals surface area (Å²) in [6, 6.07) is 16.6. The number of aromatic nitrogens is 1. The highest BCUT2D eigenvalue weighted by Crippen LogP contribution is 2.32. The van der Waals surface area contributed by atoms with Gasteiger partial charge in [-0.05, 0) is 42.6 Å². The molecule has 1 N–H and O–H groups in total. The monoisotopic (exact) mass is 427 g/mol. The van der Waals surface area contributed by atoms with Gasteiger partial charge in [0.2, 0.25) is 0 Å². The van der Waals surface area contributed by atoms with E-state index in [-0.39, 0.29) is 15.8 Å².